The fourth-order valence-corrected chi connectivity index (χ4v) is 8.75. The number of nitrogens with zero attached hydrogens (tertiary/aromatic N) is 1. The van der Waals surface area contributed by atoms with Gasteiger partial charge in [0, 0.05) is 13.0 Å². The van der Waals surface area contributed by atoms with E-state index in [0.29, 0.717) is 12.8 Å². The number of carbonyl (C=O) groups is 5. The highest BCUT2D eigenvalue weighted by Crippen LogP contribution is 2.65. The van der Waals surface area contributed by atoms with E-state index in [1.54, 1.807) is 41.5 Å². The van der Waals surface area contributed by atoms with Gasteiger partial charge in [0.05, 0.1) is 22.1 Å². The number of hydrogen-bond donors (Lipinski definition) is 4. The molecular weight excluding hydrogens is 634 g/mol. The lowest BCUT2D eigenvalue weighted by molar-refractivity contribution is -0.145. The fourth-order valence-electron chi connectivity index (χ4n) is 7.23. The van der Waals surface area contributed by atoms with Crippen molar-refractivity contribution < 1.29 is 32.4 Å². The predicted molar refractivity (Wildman–Crippen MR) is 184 cm³/mol. The molecule has 0 aromatic heterocycles. The van der Waals surface area contributed by atoms with Crippen LogP contribution >= 0.6 is 0 Å². The molecule has 13 heteroatoms. The van der Waals surface area contributed by atoms with Gasteiger partial charge in [0.25, 0.3) is 5.91 Å². The van der Waals surface area contributed by atoms with E-state index in [1.807, 2.05) is 13.8 Å². The van der Waals surface area contributed by atoms with Crippen LogP contribution in [0, 0.1) is 35.0 Å². The third-order valence-electron chi connectivity index (χ3n) is 10.4. The number of terminal acetylenes is 1. The fraction of sp³-hybridized carbons (Fsp3) is 0.743. The molecule has 0 aromatic carbocycles. The molecule has 3 rings (SSSR count). The lowest BCUT2D eigenvalue weighted by Crippen LogP contribution is -2.64. The number of sulfone groups is 1. The Morgan fingerprint density at radius 3 is 2.15 bits per heavy atom. The van der Waals surface area contributed by atoms with Gasteiger partial charge < -0.3 is 26.2 Å². The molecule has 0 aromatic rings. The average molecular weight is 690 g/mol. The van der Waals surface area contributed by atoms with E-state index >= 15 is 0 Å². The van der Waals surface area contributed by atoms with Crippen LogP contribution < -0.4 is 21.3 Å². The van der Waals surface area contributed by atoms with Crippen molar-refractivity contribution in [3.8, 4) is 12.3 Å². The van der Waals surface area contributed by atoms with Gasteiger partial charge >= 0.3 is 6.03 Å². The van der Waals surface area contributed by atoms with E-state index in [4.69, 9.17) is 6.42 Å². The predicted octanol–water partition coefficient (Wildman–Crippen LogP) is 2.83. The Morgan fingerprint density at radius 1 is 1.02 bits per heavy atom. The summed E-state index contributed by atoms with van der Waals surface area (Å²) in [5, 5.41) is 10.8. The summed E-state index contributed by atoms with van der Waals surface area (Å²) < 4.78 is 25.6. The average Bonchev–Trinajstić information content (AvgIpc) is 3.27. The van der Waals surface area contributed by atoms with Crippen molar-refractivity contribution in [1.82, 2.24) is 26.2 Å². The van der Waals surface area contributed by atoms with Crippen LogP contribution in [0.3, 0.4) is 0 Å². The number of fused-ring (bicyclic) bond motifs is 1. The van der Waals surface area contributed by atoms with Gasteiger partial charge in [-0.15, -0.1) is 12.3 Å². The first-order valence-corrected chi connectivity index (χ1v) is 18.5. The van der Waals surface area contributed by atoms with Gasteiger partial charge in [0.2, 0.25) is 17.6 Å². The van der Waals surface area contributed by atoms with Crippen molar-refractivity contribution in [3.05, 3.63) is 12.8 Å². The minimum Gasteiger partial charge on any atom is -0.344 e. The van der Waals surface area contributed by atoms with Gasteiger partial charge in [-0.25, -0.2) is 13.2 Å². The van der Waals surface area contributed by atoms with Crippen molar-refractivity contribution in [1.29, 1.82) is 0 Å². The van der Waals surface area contributed by atoms with E-state index in [-0.39, 0.29) is 42.4 Å². The lowest BCUT2D eigenvalue weighted by atomic mass is 9.83. The standard InChI is InChI=1S/C35H55N5O7S/c1-11-13-17-23(26(41)29(43)36-12-2)37-28(42)25-24-22(34(24,9)10)20-40(25)30(44)27(32(3,4)5)38-31(45)39-35(18-15-14-16-19-35)21-48(46,47)33(6,7)8/h1,12,22-25,27H,2,13-21H2,3-10H3,(H,36,43)(H,37,42)(H2,38,39,45)/t22-,23?,24-,25-,27+/m0/s1. The first-order chi connectivity index (χ1) is 22.0. The highest BCUT2D eigenvalue weighted by atomic mass is 32.2. The van der Waals surface area contributed by atoms with E-state index in [1.165, 1.54) is 4.90 Å². The molecule has 2 aliphatic carbocycles. The molecule has 1 unspecified atom stereocenters. The van der Waals surface area contributed by atoms with Crippen molar-refractivity contribution in [3.63, 3.8) is 0 Å². The second-order valence-corrected chi connectivity index (χ2v) is 19.1. The third-order valence-corrected chi connectivity index (χ3v) is 13.2. The zero-order chi connectivity index (χ0) is 36.5. The summed E-state index contributed by atoms with van der Waals surface area (Å²) in [7, 11) is -3.57. The van der Waals surface area contributed by atoms with Gasteiger partial charge in [-0.2, -0.15) is 0 Å². The third kappa shape index (κ3) is 8.41. The number of hydrogen-bond acceptors (Lipinski definition) is 7. The highest BCUT2D eigenvalue weighted by molar-refractivity contribution is 7.92. The monoisotopic (exact) mass is 689 g/mol. The second kappa shape index (κ2) is 14.2. The smallest absolute Gasteiger partial charge is 0.315 e. The van der Waals surface area contributed by atoms with E-state index in [9.17, 15) is 32.4 Å². The Labute approximate surface area is 286 Å². The van der Waals surface area contributed by atoms with Crippen molar-refractivity contribution >= 4 is 39.4 Å². The zero-order valence-corrected chi connectivity index (χ0v) is 30.6. The van der Waals surface area contributed by atoms with Crippen molar-refractivity contribution in [2.75, 3.05) is 12.3 Å². The molecule has 3 fully saturated rings. The molecule has 5 amide bonds. The van der Waals surface area contributed by atoms with Crippen LogP contribution in [-0.2, 0) is 29.0 Å². The minimum atomic E-state index is -3.57. The highest BCUT2D eigenvalue weighted by Gasteiger charge is 2.70. The summed E-state index contributed by atoms with van der Waals surface area (Å²) in [6.07, 6.45) is 10.1. The first-order valence-electron chi connectivity index (χ1n) is 16.8. The molecule has 0 spiro atoms. The minimum absolute atomic E-state index is 0.0173. The Balaban J connectivity index is 1.87. The number of nitrogens with one attached hydrogen (secondary N) is 4. The van der Waals surface area contributed by atoms with Crippen molar-refractivity contribution in [2.45, 2.75) is 129 Å². The molecule has 4 N–H and O–H groups in total. The van der Waals surface area contributed by atoms with E-state index in [2.05, 4.69) is 33.8 Å². The molecule has 3 aliphatic rings. The van der Waals surface area contributed by atoms with Crippen LogP contribution in [0.1, 0.15) is 100 Å². The Hall–Kier alpha value is -3.40. The molecule has 2 saturated carbocycles. The van der Waals surface area contributed by atoms with E-state index in [0.717, 1.165) is 25.5 Å². The number of ketones is 1. The van der Waals surface area contributed by atoms with Gasteiger partial charge in [-0.05, 0) is 68.9 Å². The largest absolute Gasteiger partial charge is 0.344 e. The van der Waals surface area contributed by atoms with Crippen LogP contribution in [-0.4, -0.2) is 83.6 Å². The molecular formula is C35H55N5O7S. The maximum absolute atomic E-state index is 14.4. The number of likely N-dealkylation sites (tertiary alicyclic amines) is 1. The number of carbonyl (C=O) groups excluding carboxylic acids is 5. The summed E-state index contributed by atoms with van der Waals surface area (Å²) in [6, 6.07) is -3.86. The SMILES string of the molecule is C#CCCC(NC(=O)[C@@H]1[C@@H]2[C@H](CN1C(=O)[C@@H](NC(=O)NC1(CS(=O)(=O)C(C)(C)C)CCCCC1)C(C)(C)C)C2(C)C)C(=O)C(=O)NC=C. The maximum atomic E-state index is 14.4. The van der Waals surface area contributed by atoms with Gasteiger partial charge in [-0.1, -0.05) is 60.5 Å². The normalized spacial score (nSPS) is 24.1. The Kier molecular flexibility index (Phi) is 11.6. The number of piperidine rings is 1. The molecule has 1 saturated heterocycles. The number of rotatable bonds is 12. The first kappa shape index (κ1) is 39.0. The number of Topliss-reactive ketones (excluding diaryl/α,β-unsaturated/α-hetero) is 1. The maximum Gasteiger partial charge on any atom is 0.315 e. The quantitative estimate of drug-likeness (QED) is 0.180. The second-order valence-electron chi connectivity index (χ2n) is 16.3. The van der Waals surface area contributed by atoms with E-state index < -0.39 is 73.2 Å². The summed E-state index contributed by atoms with van der Waals surface area (Å²) >= 11 is 0. The molecule has 268 valence electrons. The molecule has 5 atom stereocenters. The Morgan fingerprint density at radius 2 is 1.62 bits per heavy atom. The van der Waals surface area contributed by atoms with Crippen LogP contribution in [0.5, 0.6) is 0 Å². The summed E-state index contributed by atoms with van der Waals surface area (Å²) in [4.78, 5) is 68.7. The summed E-state index contributed by atoms with van der Waals surface area (Å²) in [6.45, 7) is 18.1. The topological polar surface area (TPSA) is 171 Å². The molecule has 48 heavy (non-hydrogen) atoms. The number of urea groups is 1. The Bertz CT molecular complexity index is 1440. The summed E-state index contributed by atoms with van der Waals surface area (Å²) in [5.74, 6) is -0.817. The van der Waals surface area contributed by atoms with Gasteiger partial charge in [0.15, 0.2) is 9.84 Å². The molecule has 0 radical (unpaired) electrons. The zero-order valence-electron chi connectivity index (χ0n) is 29.8. The molecule has 1 aliphatic heterocycles. The van der Waals surface area contributed by atoms with Crippen LogP contribution in [0.4, 0.5) is 4.79 Å². The lowest BCUT2D eigenvalue weighted by Gasteiger charge is -2.41. The van der Waals surface area contributed by atoms with Crippen molar-refractivity contribution in [2.24, 2.45) is 22.7 Å². The summed E-state index contributed by atoms with van der Waals surface area (Å²) in [5.41, 5.74) is -2.01. The molecule has 1 heterocycles. The molecule has 12 nitrogen and oxygen atoms in total. The van der Waals surface area contributed by atoms with Crippen LogP contribution in [0.15, 0.2) is 12.8 Å². The number of amides is 5. The van der Waals surface area contributed by atoms with Crippen LogP contribution in [0.2, 0.25) is 0 Å². The molecule has 0 bridgehead atoms. The van der Waals surface area contributed by atoms with Crippen LogP contribution in [0.25, 0.3) is 0 Å². The van der Waals surface area contributed by atoms with Gasteiger partial charge in [-0.3, -0.25) is 19.2 Å². The van der Waals surface area contributed by atoms with Gasteiger partial charge in [0.1, 0.15) is 12.1 Å².